The molecule has 84 valence electrons. The molecule has 0 fully saturated rings. The van der Waals surface area contributed by atoms with E-state index in [9.17, 15) is 10.1 Å². The van der Waals surface area contributed by atoms with Crippen LogP contribution in [0.1, 0.15) is 6.92 Å². The van der Waals surface area contributed by atoms with Crippen molar-refractivity contribution in [3.63, 3.8) is 0 Å². The number of thiazole rings is 1. The summed E-state index contributed by atoms with van der Waals surface area (Å²) in [6.45, 7) is 2.96. The minimum atomic E-state index is -0.353. The van der Waals surface area contributed by atoms with Gasteiger partial charge in [0.15, 0.2) is 0 Å². The molecule has 0 amide bonds. The Morgan fingerprint density at radius 1 is 1.56 bits per heavy atom. The molecule has 0 saturated carbocycles. The van der Waals surface area contributed by atoms with E-state index in [1.165, 1.54) is 4.34 Å². The van der Waals surface area contributed by atoms with Gasteiger partial charge in [0.2, 0.25) is 5.52 Å². The van der Waals surface area contributed by atoms with Gasteiger partial charge in [-0.15, -0.1) is 0 Å². The predicted molar refractivity (Wildman–Crippen MR) is 66.1 cm³/mol. The van der Waals surface area contributed by atoms with E-state index in [0.717, 1.165) is 16.8 Å². The molecule has 0 radical (unpaired) electrons. The summed E-state index contributed by atoms with van der Waals surface area (Å²) < 4.78 is 4.33. The van der Waals surface area contributed by atoms with Crippen LogP contribution < -0.4 is 4.57 Å². The third-order valence-electron chi connectivity index (χ3n) is 2.35. The van der Waals surface area contributed by atoms with E-state index in [0.29, 0.717) is 0 Å². The number of fused-ring (bicyclic) bond motifs is 1. The summed E-state index contributed by atoms with van der Waals surface area (Å²) >= 11 is 3.27. The first-order valence-electron chi connectivity index (χ1n) is 4.82. The number of thioether (sulfide) groups is 1. The fourth-order valence-electron chi connectivity index (χ4n) is 1.62. The summed E-state index contributed by atoms with van der Waals surface area (Å²) in [6, 6.07) is 5.03. The summed E-state index contributed by atoms with van der Waals surface area (Å²) in [7, 11) is 0. The van der Waals surface area contributed by atoms with Gasteiger partial charge in [0, 0.05) is 18.2 Å². The fraction of sp³-hybridized carbons (Fsp3) is 0.300. The van der Waals surface area contributed by atoms with Crippen LogP contribution in [0.15, 0.2) is 22.5 Å². The van der Waals surface area contributed by atoms with Gasteiger partial charge in [0.1, 0.15) is 11.2 Å². The molecular formula is C10H11N2O2S2+. The van der Waals surface area contributed by atoms with Crippen LogP contribution in [-0.4, -0.2) is 11.2 Å². The van der Waals surface area contributed by atoms with Crippen molar-refractivity contribution in [3.8, 4) is 0 Å². The van der Waals surface area contributed by atoms with E-state index in [4.69, 9.17) is 0 Å². The third kappa shape index (κ3) is 1.78. The molecule has 0 N–H and O–H groups in total. The number of hydrogen-bond donors (Lipinski definition) is 0. The van der Waals surface area contributed by atoms with Crippen molar-refractivity contribution in [1.82, 2.24) is 0 Å². The summed E-state index contributed by atoms with van der Waals surface area (Å²) in [5.41, 5.74) is 1.23. The summed E-state index contributed by atoms with van der Waals surface area (Å²) in [5.74, 6) is 0. The smallest absolute Gasteiger partial charge is 0.258 e. The Bertz CT molecular complexity index is 551. The quantitative estimate of drug-likeness (QED) is 0.367. The maximum atomic E-state index is 10.7. The summed E-state index contributed by atoms with van der Waals surface area (Å²) in [6.07, 6.45) is 2.02. The number of aryl methyl sites for hydroxylation is 1. The number of aromatic nitrogens is 1. The first kappa shape index (κ1) is 11.3. The molecule has 0 aliphatic carbocycles. The lowest BCUT2D eigenvalue weighted by molar-refractivity contribution is -0.698. The van der Waals surface area contributed by atoms with Crippen LogP contribution in [0.4, 0.5) is 5.69 Å². The van der Waals surface area contributed by atoms with E-state index in [-0.39, 0.29) is 10.6 Å². The molecule has 1 aromatic carbocycles. The van der Waals surface area contributed by atoms with Crippen molar-refractivity contribution in [1.29, 1.82) is 0 Å². The van der Waals surface area contributed by atoms with Crippen LogP contribution in [0, 0.1) is 10.1 Å². The molecule has 0 unspecified atom stereocenters. The zero-order chi connectivity index (χ0) is 11.7. The minimum Gasteiger partial charge on any atom is -0.258 e. The lowest BCUT2D eigenvalue weighted by Gasteiger charge is -1.91. The Balaban J connectivity index is 2.67. The molecule has 1 aromatic heterocycles. The number of nitrogens with zero attached hydrogens (tertiary/aromatic N) is 2. The van der Waals surface area contributed by atoms with Crippen LogP contribution in [0.5, 0.6) is 0 Å². The highest BCUT2D eigenvalue weighted by molar-refractivity contribution is 8.00. The van der Waals surface area contributed by atoms with Crippen LogP contribution in [0.25, 0.3) is 10.2 Å². The molecule has 2 rings (SSSR count). The van der Waals surface area contributed by atoms with E-state index in [1.807, 2.05) is 12.3 Å². The second-order valence-electron chi connectivity index (χ2n) is 3.23. The molecule has 2 aromatic rings. The predicted octanol–water partition coefficient (Wildman–Crippen LogP) is 2.84. The first-order chi connectivity index (χ1) is 7.67. The van der Waals surface area contributed by atoms with E-state index in [2.05, 4.69) is 11.5 Å². The maximum Gasteiger partial charge on any atom is 0.298 e. The first-order valence-corrected chi connectivity index (χ1v) is 6.86. The monoisotopic (exact) mass is 255 g/mol. The van der Waals surface area contributed by atoms with Gasteiger partial charge in [-0.1, -0.05) is 11.3 Å². The molecular weight excluding hydrogens is 244 g/mol. The Kier molecular flexibility index (Phi) is 3.11. The van der Waals surface area contributed by atoms with Gasteiger partial charge in [-0.3, -0.25) is 10.1 Å². The Labute approximate surface area is 101 Å². The number of benzene rings is 1. The zero-order valence-corrected chi connectivity index (χ0v) is 10.6. The molecule has 0 bridgehead atoms. The molecule has 0 aliphatic rings. The van der Waals surface area contributed by atoms with Crippen molar-refractivity contribution in [3.05, 3.63) is 28.3 Å². The number of hydrogen-bond acceptors (Lipinski definition) is 4. The van der Waals surface area contributed by atoms with E-state index in [1.54, 1.807) is 35.2 Å². The standard InChI is InChI=1S/C10H11N2O2S2/c1-3-11-8-5-4-7(12(13)14)6-9(8)16-10(11)15-2/h4-6H,3H2,1-2H3/q+1. The van der Waals surface area contributed by atoms with Crippen LogP contribution in [-0.2, 0) is 6.54 Å². The Hall–Kier alpha value is -1.14. The topological polar surface area (TPSA) is 47.0 Å². The van der Waals surface area contributed by atoms with Crippen molar-refractivity contribution in [2.45, 2.75) is 17.8 Å². The number of non-ortho nitro benzene ring substituents is 1. The molecule has 0 atom stereocenters. The molecule has 0 spiro atoms. The second-order valence-corrected chi connectivity index (χ2v) is 5.31. The van der Waals surface area contributed by atoms with Crippen molar-refractivity contribution >= 4 is 39.0 Å². The lowest BCUT2D eigenvalue weighted by Crippen LogP contribution is -2.32. The number of rotatable bonds is 3. The van der Waals surface area contributed by atoms with Crippen LogP contribution in [0.2, 0.25) is 0 Å². The van der Waals surface area contributed by atoms with E-state index < -0.39 is 0 Å². The van der Waals surface area contributed by atoms with Crippen molar-refractivity contribution in [2.75, 3.05) is 6.26 Å². The molecule has 0 saturated heterocycles. The van der Waals surface area contributed by atoms with Crippen LogP contribution in [0.3, 0.4) is 0 Å². The summed E-state index contributed by atoms with van der Waals surface area (Å²) in [5, 5.41) is 10.7. The van der Waals surface area contributed by atoms with Gasteiger partial charge in [-0.05, 0) is 24.9 Å². The van der Waals surface area contributed by atoms with Gasteiger partial charge >= 0.3 is 0 Å². The Morgan fingerprint density at radius 2 is 2.31 bits per heavy atom. The van der Waals surface area contributed by atoms with Crippen molar-refractivity contribution in [2.24, 2.45) is 0 Å². The molecule has 6 heteroatoms. The largest absolute Gasteiger partial charge is 0.298 e. The normalized spacial score (nSPS) is 10.9. The Morgan fingerprint density at radius 3 is 2.88 bits per heavy atom. The van der Waals surface area contributed by atoms with E-state index >= 15 is 0 Å². The van der Waals surface area contributed by atoms with Gasteiger partial charge in [-0.2, -0.15) is 4.57 Å². The SMILES string of the molecule is CC[n+]1c(SC)sc2cc([N+](=O)[O-])ccc21. The molecule has 16 heavy (non-hydrogen) atoms. The van der Waals surface area contributed by atoms with Gasteiger partial charge in [0.25, 0.3) is 10.0 Å². The number of nitro benzene ring substituents is 1. The zero-order valence-electron chi connectivity index (χ0n) is 8.97. The summed E-state index contributed by atoms with van der Waals surface area (Å²) in [4.78, 5) is 10.3. The second kappa shape index (κ2) is 4.39. The van der Waals surface area contributed by atoms with Gasteiger partial charge < -0.3 is 0 Å². The maximum absolute atomic E-state index is 10.7. The van der Waals surface area contributed by atoms with Crippen molar-refractivity contribution < 1.29 is 9.49 Å². The van der Waals surface area contributed by atoms with Gasteiger partial charge in [0.05, 0.1) is 4.92 Å². The highest BCUT2D eigenvalue weighted by Gasteiger charge is 2.20. The molecule has 0 aliphatic heterocycles. The molecule has 4 nitrogen and oxygen atoms in total. The average molecular weight is 255 g/mol. The van der Waals surface area contributed by atoms with Crippen LogP contribution >= 0.6 is 23.1 Å². The lowest BCUT2D eigenvalue weighted by atomic mass is 10.3. The highest BCUT2D eigenvalue weighted by Crippen LogP contribution is 2.29. The fourth-order valence-corrected chi connectivity index (χ4v) is 3.66. The third-order valence-corrected chi connectivity index (χ3v) is 4.62. The minimum absolute atomic E-state index is 0.157. The number of nitro groups is 1. The highest BCUT2D eigenvalue weighted by atomic mass is 32.2. The average Bonchev–Trinajstić information content (AvgIpc) is 2.65. The molecule has 1 heterocycles. The van der Waals surface area contributed by atoms with Gasteiger partial charge in [-0.25, -0.2) is 0 Å².